The lowest BCUT2D eigenvalue weighted by molar-refractivity contribution is -0.126. The van der Waals surface area contributed by atoms with E-state index in [-0.39, 0.29) is 11.7 Å². The quantitative estimate of drug-likeness (QED) is 0.768. The number of fused-ring (bicyclic) bond motifs is 2. The highest BCUT2D eigenvalue weighted by molar-refractivity contribution is 6.23. The molecular weight excluding hydrogens is 376 g/mol. The van der Waals surface area contributed by atoms with Crippen LogP contribution in [0.5, 0.6) is 5.75 Å². The minimum atomic E-state index is -0.431. The molecule has 2 aromatic carbocycles. The fourth-order valence-corrected chi connectivity index (χ4v) is 4.80. The van der Waals surface area contributed by atoms with Gasteiger partial charge in [0.2, 0.25) is 0 Å². The lowest BCUT2D eigenvalue weighted by atomic mass is 9.74. The number of ether oxygens (including phenoxy) is 1. The van der Waals surface area contributed by atoms with Crippen molar-refractivity contribution in [2.45, 2.75) is 12.3 Å². The molecule has 5 heteroatoms. The molecule has 0 spiro atoms. The lowest BCUT2D eigenvalue weighted by Gasteiger charge is -2.42. The summed E-state index contributed by atoms with van der Waals surface area (Å²) in [6, 6.07) is 15.3. The van der Waals surface area contributed by atoms with Crippen molar-refractivity contribution in [3.63, 3.8) is 0 Å². The second-order valence-corrected chi connectivity index (χ2v) is 7.85. The summed E-state index contributed by atoms with van der Waals surface area (Å²) >= 11 is 0. The molecule has 5 nitrogen and oxygen atoms in total. The van der Waals surface area contributed by atoms with Gasteiger partial charge in [-0.25, -0.2) is 0 Å². The number of hydrogen-bond acceptors (Lipinski definition) is 4. The third-order valence-electron chi connectivity index (χ3n) is 6.46. The van der Waals surface area contributed by atoms with Crippen LogP contribution in [0.4, 0.5) is 0 Å². The normalized spacial score (nSPS) is 20.5. The Balaban J connectivity index is 1.77. The summed E-state index contributed by atoms with van der Waals surface area (Å²) in [5, 5.41) is 0. The minimum absolute atomic E-state index is 0.00970. The molecule has 150 valence electrons. The van der Waals surface area contributed by atoms with Crippen LogP contribution in [-0.2, 0) is 4.79 Å². The Hall–Kier alpha value is -3.60. The molecule has 2 aliphatic carbocycles. The van der Waals surface area contributed by atoms with Gasteiger partial charge in [0.25, 0.3) is 5.91 Å². The van der Waals surface area contributed by atoms with Gasteiger partial charge >= 0.3 is 0 Å². The molecule has 0 fully saturated rings. The van der Waals surface area contributed by atoms with E-state index in [1.54, 1.807) is 19.1 Å². The zero-order valence-electron chi connectivity index (χ0n) is 17.2. The van der Waals surface area contributed by atoms with Crippen LogP contribution in [0, 0.1) is 0 Å². The van der Waals surface area contributed by atoms with Gasteiger partial charge in [-0.15, -0.1) is 0 Å². The first-order chi connectivity index (χ1) is 14.4. The highest BCUT2D eigenvalue weighted by Crippen LogP contribution is 2.52. The van der Waals surface area contributed by atoms with E-state index < -0.39 is 5.92 Å². The van der Waals surface area contributed by atoms with Crippen LogP contribution in [0.1, 0.15) is 33.8 Å². The maximum absolute atomic E-state index is 13.5. The van der Waals surface area contributed by atoms with Gasteiger partial charge in [0.05, 0.1) is 7.11 Å². The first kappa shape index (κ1) is 18.4. The molecule has 0 bridgehead atoms. The second-order valence-electron chi connectivity index (χ2n) is 7.85. The lowest BCUT2D eigenvalue weighted by Crippen LogP contribution is -2.44. The number of carbonyl (C=O) groups excluding carboxylic acids is 2. The van der Waals surface area contributed by atoms with E-state index in [1.165, 1.54) is 0 Å². The maximum atomic E-state index is 13.5. The summed E-state index contributed by atoms with van der Waals surface area (Å²) in [7, 11) is 5.28. The number of methoxy groups -OCH3 is 1. The molecule has 0 N–H and O–H groups in total. The highest BCUT2D eigenvalue weighted by atomic mass is 16.5. The van der Waals surface area contributed by atoms with Crippen molar-refractivity contribution < 1.29 is 14.3 Å². The Bertz CT molecular complexity index is 1190. The van der Waals surface area contributed by atoms with Gasteiger partial charge in [-0.05, 0) is 28.8 Å². The van der Waals surface area contributed by atoms with E-state index in [0.717, 1.165) is 28.1 Å². The average molecular weight is 398 g/mol. The molecule has 0 saturated carbocycles. The van der Waals surface area contributed by atoms with Crippen LogP contribution in [-0.4, -0.2) is 42.7 Å². The van der Waals surface area contributed by atoms with Gasteiger partial charge in [-0.1, -0.05) is 43.0 Å². The van der Waals surface area contributed by atoms with Gasteiger partial charge in [0.15, 0.2) is 5.78 Å². The number of hydrogen-bond donors (Lipinski definition) is 0. The van der Waals surface area contributed by atoms with Crippen LogP contribution < -0.4 is 4.74 Å². The van der Waals surface area contributed by atoms with Crippen molar-refractivity contribution in [1.29, 1.82) is 0 Å². The van der Waals surface area contributed by atoms with E-state index in [2.05, 4.69) is 6.58 Å². The first-order valence-electron chi connectivity index (χ1n) is 9.88. The highest BCUT2D eigenvalue weighted by Gasteiger charge is 2.46. The summed E-state index contributed by atoms with van der Waals surface area (Å²) in [6.07, 6.45) is 0.537. The first-order valence-corrected chi connectivity index (χ1v) is 9.88. The van der Waals surface area contributed by atoms with E-state index in [0.29, 0.717) is 29.0 Å². The summed E-state index contributed by atoms with van der Waals surface area (Å²) in [6.45, 7) is 4.08. The van der Waals surface area contributed by atoms with Crippen molar-refractivity contribution in [2.75, 3.05) is 21.2 Å². The molecule has 5 rings (SSSR count). The van der Waals surface area contributed by atoms with Gasteiger partial charge in [-0.2, -0.15) is 0 Å². The molecule has 1 unspecified atom stereocenters. The topological polar surface area (TPSA) is 49.9 Å². The van der Waals surface area contributed by atoms with Crippen LogP contribution in [0.3, 0.4) is 0 Å². The summed E-state index contributed by atoms with van der Waals surface area (Å²) in [5.74, 6) is 0.838. The van der Waals surface area contributed by atoms with Crippen LogP contribution >= 0.6 is 0 Å². The molecule has 30 heavy (non-hydrogen) atoms. The molecule has 1 atom stereocenters. The second kappa shape index (κ2) is 6.46. The Morgan fingerprint density at radius 2 is 1.60 bits per heavy atom. The van der Waals surface area contributed by atoms with Gasteiger partial charge < -0.3 is 9.64 Å². The average Bonchev–Trinajstić information content (AvgIpc) is 3.07. The molecule has 1 amide bonds. The van der Waals surface area contributed by atoms with Gasteiger partial charge in [-0.3, -0.25) is 14.5 Å². The van der Waals surface area contributed by atoms with Crippen molar-refractivity contribution in [3.05, 3.63) is 94.5 Å². The zero-order valence-corrected chi connectivity index (χ0v) is 17.2. The number of Topliss-reactive ketones (excluding diaryl/α,β-unsaturated/α-hetero) is 1. The third-order valence-corrected chi connectivity index (χ3v) is 6.46. The fourth-order valence-electron chi connectivity index (χ4n) is 4.80. The van der Waals surface area contributed by atoms with E-state index in [1.807, 2.05) is 60.5 Å². The van der Waals surface area contributed by atoms with Crippen molar-refractivity contribution >= 4 is 17.3 Å². The van der Waals surface area contributed by atoms with E-state index >= 15 is 0 Å². The van der Waals surface area contributed by atoms with E-state index in [9.17, 15) is 9.59 Å². The molecule has 2 aromatic rings. The number of ketones is 1. The number of rotatable bonds is 2. The smallest absolute Gasteiger partial charge is 0.257 e. The van der Waals surface area contributed by atoms with Crippen LogP contribution in [0.25, 0.3) is 5.57 Å². The molecule has 3 aliphatic rings. The van der Waals surface area contributed by atoms with E-state index in [4.69, 9.17) is 4.74 Å². The van der Waals surface area contributed by atoms with Crippen molar-refractivity contribution in [1.82, 2.24) is 9.80 Å². The third kappa shape index (κ3) is 2.35. The van der Waals surface area contributed by atoms with Gasteiger partial charge in [0.1, 0.15) is 11.6 Å². The molecule has 1 heterocycles. The van der Waals surface area contributed by atoms with Crippen molar-refractivity contribution in [3.8, 4) is 5.75 Å². The minimum Gasteiger partial charge on any atom is -0.497 e. The van der Waals surface area contributed by atoms with Crippen molar-refractivity contribution in [2.24, 2.45) is 0 Å². The SMILES string of the molecule is C=C1N(C)C(=O)C2=C(CC3=C(C(=O)c4ccccc43)C2c2ccc(OC)cc2)N1C. The number of amides is 1. The summed E-state index contributed by atoms with van der Waals surface area (Å²) < 4.78 is 5.30. The molecule has 0 radical (unpaired) electrons. The molecule has 0 saturated heterocycles. The largest absolute Gasteiger partial charge is 0.497 e. The number of nitrogens with zero attached hydrogens (tertiary/aromatic N) is 2. The van der Waals surface area contributed by atoms with Gasteiger partial charge in [0, 0.05) is 48.8 Å². The fraction of sp³-hybridized carbons (Fsp3) is 0.200. The molecular formula is C25H22N2O3. The Kier molecular flexibility index (Phi) is 3.97. The number of benzene rings is 2. The predicted molar refractivity (Wildman–Crippen MR) is 115 cm³/mol. The summed E-state index contributed by atoms with van der Waals surface area (Å²) in [5.41, 5.74) is 5.86. The monoisotopic (exact) mass is 398 g/mol. The summed E-state index contributed by atoms with van der Waals surface area (Å²) in [4.78, 5) is 30.4. The number of likely N-dealkylation sites (N-methyl/N-ethyl adjacent to an activating group) is 1. The maximum Gasteiger partial charge on any atom is 0.257 e. The van der Waals surface area contributed by atoms with Crippen LogP contribution in [0.2, 0.25) is 0 Å². The molecule has 1 aliphatic heterocycles. The molecule has 0 aromatic heterocycles. The predicted octanol–water partition coefficient (Wildman–Crippen LogP) is 3.96. The standard InChI is InChI=1S/C25H22N2O3/c1-14-26(2)20-13-19-17-7-5-6-8-18(17)24(28)22(19)21(23(20)25(29)27(14)3)15-9-11-16(30-4)12-10-15/h5-12,21H,1,13H2,2-4H3. The zero-order chi connectivity index (χ0) is 21.2. The Morgan fingerprint density at radius 3 is 2.27 bits per heavy atom. The Morgan fingerprint density at radius 1 is 0.933 bits per heavy atom. The number of allylic oxidation sites excluding steroid dienone is 2. The number of carbonyl (C=O) groups is 2. The Labute approximate surface area is 175 Å². The van der Waals surface area contributed by atoms with Crippen LogP contribution in [0.15, 0.2) is 77.8 Å².